The molecule has 0 aromatic heterocycles. The van der Waals surface area contributed by atoms with E-state index in [4.69, 9.17) is 0 Å². The number of piperidine rings is 1. The van der Waals surface area contributed by atoms with Gasteiger partial charge < -0.3 is 16.0 Å². The monoisotopic (exact) mass is 199 g/mol. The SMILES string of the molecule is CCNC(=O)NCC1CC(C)CCN1. The van der Waals surface area contributed by atoms with Gasteiger partial charge in [0.25, 0.3) is 0 Å². The maximum atomic E-state index is 11.1. The maximum absolute atomic E-state index is 11.1. The summed E-state index contributed by atoms with van der Waals surface area (Å²) in [5.41, 5.74) is 0. The third-order valence-corrected chi connectivity index (χ3v) is 2.60. The molecule has 1 heterocycles. The molecule has 0 radical (unpaired) electrons. The van der Waals surface area contributed by atoms with Crippen LogP contribution in [0.4, 0.5) is 4.79 Å². The molecule has 4 heteroatoms. The summed E-state index contributed by atoms with van der Waals surface area (Å²) >= 11 is 0. The average Bonchev–Trinajstić information content (AvgIpc) is 2.15. The van der Waals surface area contributed by atoms with Gasteiger partial charge in [0.1, 0.15) is 0 Å². The van der Waals surface area contributed by atoms with E-state index in [1.807, 2.05) is 6.92 Å². The molecule has 0 aromatic rings. The van der Waals surface area contributed by atoms with Crippen molar-refractivity contribution in [3.8, 4) is 0 Å². The molecule has 2 atom stereocenters. The van der Waals surface area contributed by atoms with Gasteiger partial charge >= 0.3 is 6.03 Å². The van der Waals surface area contributed by atoms with Gasteiger partial charge in [-0.15, -0.1) is 0 Å². The number of hydrogen-bond acceptors (Lipinski definition) is 2. The van der Waals surface area contributed by atoms with Crippen molar-refractivity contribution in [1.82, 2.24) is 16.0 Å². The van der Waals surface area contributed by atoms with Crippen LogP contribution in [-0.4, -0.2) is 31.7 Å². The highest BCUT2D eigenvalue weighted by Crippen LogP contribution is 2.14. The number of hydrogen-bond donors (Lipinski definition) is 3. The lowest BCUT2D eigenvalue weighted by molar-refractivity contribution is 0.236. The molecule has 1 aliphatic rings. The van der Waals surface area contributed by atoms with Crippen molar-refractivity contribution >= 4 is 6.03 Å². The summed E-state index contributed by atoms with van der Waals surface area (Å²) in [5.74, 6) is 0.775. The van der Waals surface area contributed by atoms with E-state index in [0.29, 0.717) is 12.6 Å². The Morgan fingerprint density at radius 3 is 2.93 bits per heavy atom. The number of carbonyl (C=O) groups is 1. The molecule has 0 aliphatic carbocycles. The molecule has 2 amide bonds. The van der Waals surface area contributed by atoms with E-state index < -0.39 is 0 Å². The van der Waals surface area contributed by atoms with Crippen molar-refractivity contribution in [3.63, 3.8) is 0 Å². The van der Waals surface area contributed by atoms with Crippen molar-refractivity contribution in [3.05, 3.63) is 0 Å². The number of urea groups is 1. The molecular formula is C10H21N3O. The first kappa shape index (κ1) is 11.3. The minimum atomic E-state index is -0.0625. The molecule has 0 aromatic carbocycles. The fraction of sp³-hybridized carbons (Fsp3) is 0.900. The Kier molecular flexibility index (Phi) is 4.73. The maximum Gasteiger partial charge on any atom is 0.314 e. The van der Waals surface area contributed by atoms with Gasteiger partial charge in [-0.2, -0.15) is 0 Å². The highest BCUT2D eigenvalue weighted by atomic mass is 16.2. The molecule has 3 N–H and O–H groups in total. The van der Waals surface area contributed by atoms with Gasteiger partial charge in [-0.25, -0.2) is 4.79 Å². The minimum absolute atomic E-state index is 0.0625. The number of carbonyl (C=O) groups excluding carboxylic acids is 1. The Morgan fingerprint density at radius 2 is 2.29 bits per heavy atom. The number of rotatable bonds is 3. The summed E-state index contributed by atoms with van der Waals surface area (Å²) in [5, 5.41) is 8.98. The van der Waals surface area contributed by atoms with Crippen molar-refractivity contribution in [2.24, 2.45) is 5.92 Å². The van der Waals surface area contributed by atoms with Crippen molar-refractivity contribution < 1.29 is 4.79 Å². The van der Waals surface area contributed by atoms with Crippen LogP contribution in [-0.2, 0) is 0 Å². The van der Waals surface area contributed by atoms with Crippen LogP contribution in [0, 0.1) is 5.92 Å². The Labute approximate surface area is 85.8 Å². The van der Waals surface area contributed by atoms with E-state index in [9.17, 15) is 4.79 Å². The molecule has 1 rings (SSSR count). The fourth-order valence-corrected chi connectivity index (χ4v) is 1.82. The van der Waals surface area contributed by atoms with Gasteiger partial charge in [0.15, 0.2) is 0 Å². The average molecular weight is 199 g/mol. The zero-order valence-corrected chi connectivity index (χ0v) is 9.10. The van der Waals surface area contributed by atoms with E-state index in [2.05, 4.69) is 22.9 Å². The van der Waals surface area contributed by atoms with Crippen LogP contribution in [0.5, 0.6) is 0 Å². The van der Waals surface area contributed by atoms with Crippen LogP contribution < -0.4 is 16.0 Å². The van der Waals surface area contributed by atoms with Gasteiger partial charge in [-0.1, -0.05) is 6.92 Å². The van der Waals surface area contributed by atoms with Crippen LogP contribution in [0.3, 0.4) is 0 Å². The topological polar surface area (TPSA) is 53.2 Å². The van der Waals surface area contributed by atoms with Gasteiger partial charge in [0.05, 0.1) is 0 Å². The first-order valence-electron chi connectivity index (χ1n) is 5.47. The molecule has 0 bridgehead atoms. The normalized spacial score (nSPS) is 27.0. The largest absolute Gasteiger partial charge is 0.338 e. The Bertz CT molecular complexity index is 184. The van der Waals surface area contributed by atoms with Crippen molar-refractivity contribution in [1.29, 1.82) is 0 Å². The molecular weight excluding hydrogens is 178 g/mol. The van der Waals surface area contributed by atoms with Crippen molar-refractivity contribution in [2.75, 3.05) is 19.6 Å². The Hall–Kier alpha value is -0.770. The minimum Gasteiger partial charge on any atom is -0.338 e. The number of amides is 2. The van der Waals surface area contributed by atoms with Crippen LogP contribution >= 0.6 is 0 Å². The smallest absolute Gasteiger partial charge is 0.314 e. The van der Waals surface area contributed by atoms with Crippen molar-refractivity contribution in [2.45, 2.75) is 32.7 Å². The molecule has 14 heavy (non-hydrogen) atoms. The second-order valence-electron chi connectivity index (χ2n) is 4.02. The molecule has 4 nitrogen and oxygen atoms in total. The zero-order chi connectivity index (χ0) is 10.4. The lowest BCUT2D eigenvalue weighted by Crippen LogP contribution is -2.47. The third-order valence-electron chi connectivity index (χ3n) is 2.60. The summed E-state index contributed by atoms with van der Waals surface area (Å²) in [7, 11) is 0. The first-order valence-corrected chi connectivity index (χ1v) is 5.47. The highest BCUT2D eigenvalue weighted by Gasteiger charge is 2.18. The van der Waals surface area contributed by atoms with Crippen LogP contribution in [0.1, 0.15) is 26.7 Å². The Balaban J connectivity index is 2.14. The quantitative estimate of drug-likeness (QED) is 0.626. The standard InChI is InChI=1S/C10H21N3O/c1-3-11-10(14)13-7-9-6-8(2)4-5-12-9/h8-9,12H,3-7H2,1-2H3,(H2,11,13,14). The predicted molar refractivity (Wildman–Crippen MR) is 57.3 cm³/mol. The number of nitrogens with one attached hydrogen (secondary N) is 3. The molecule has 82 valence electrons. The molecule has 0 spiro atoms. The second kappa shape index (κ2) is 5.86. The molecule has 1 aliphatic heterocycles. The first-order chi connectivity index (χ1) is 6.72. The summed E-state index contributed by atoms with van der Waals surface area (Å²) in [6.45, 7) is 6.67. The highest BCUT2D eigenvalue weighted by molar-refractivity contribution is 5.73. The van der Waals surface area contributed by atoms with Gasteiger partial charge in [0.2, 0.25) is 0 Å². The van der Waals surface area contributed by atoms with E-state index in [1.165, 1.54) is 6.42 Å². The van der Waals surface area contributed by atoms with E-state index in [-0.39, 0.29) is 6.03 Å². The van der Waals surface area contributed by atoms with Crippen LogP contribution in [0.15, 0.2) is 0 Å². The second-order valence-corrected chi connectivity index (χ2v) is 4.02. The van der Waals surface area contributed by atoms with Gasteiger partial charge in [0, 0.05) is 19.1 Å². The predicted octanol–water partition coefficient (Wildman–Crippen LogP) is 0.694. The molecule has 1 saturated heterocycles. The van der Waals surface area contributed by atoms with Crippen LogP contribution in [0.2, 0.25) is 0 Å². The summed E-state index contributed by atoms with van der Waals surface area (Å²) in [6, 6.07) is 0.383. The van der Waals surface area contributed by atoms with E-state index in [1.54, 1.807) is 0 Å². The zero-order valence-electron chi connectivity index (χ0n) is 9.10. The van der Waals surface area contributed by atoms with Gasteiger partial charge in [-0.05, 0) is 32.2 Å². The fourth-order valence-electron chi connectivity index (χ4n) is 1.82. The van der Waals surface area contributed by atoms with E-state index >= 15 is 0 Å². The molecule has 0 saturated carbocycles. The van der Waals surface area contributed by atoms with Gasteiger partial charge in [-0.3, -0.25) is 0 Å². The summed E-state index contributed by atoms with van der Waals surface area (Å²) < 4.78 is 0. The van der Waals surface area contributed by atoms with Crippen LogP contribution in [0.25, 0.3) is 0 Å². The molecule has 1 fully saturated rings. The summed E-state index contributed by atoms with van der Waals surface area (Å²) in [6.07, 6.45) is 2.41. The third kappa shape index (κ3) is 3.96. The Morgan fingerprint density at radius 1 is 1.50 bits per heavy atom. The lowest BCUT2D eigenvalue weighted by Gasteiger charge is -2.28. The molecule has 2 unspecified atom stereocenters. The van der Waals surface area contributed by atoms with E-state index in [0.717, 1.165) is 25.4 Å². The lowest BCUT2D eigenvalue weighted by atomic mass is 9.94. The summed E-state index contributed by atoms with van der Waals surface area (Å²) in [4.78, 5) is 11.1.